The molecule has 0 amide bonds. The number of hydrogen-bond donors (Lipinski definition) is 1. The number of hydrogen-bond acceptors (Lipinski definition) is 5. The summed E-state index contributed by atoms with van der Waals surface area (Å²) in [6, 6.07) is 9.53. The maximum Gasteiger partial charge on any atom is 0.226 e. The van der Waals surface area contributed by atoms with Crippen LogP contribution in [0.4, 0.5) is 5.95 Å². The second-order valence-electron chi connectivity index (χ2n) is 4.76. The molecule has 102 valence electrons. The fourth-order valence-corrected chi connectivity index (χ4v) is 2.03. The van der Waals surface area contributed by atoms with Gasteiger partial charge in [-0.3, -0.25) is 0 Å². The highest BCUT2D eigenvalue weighted by atomic mass is 16.5. The van der Waals surface area contributed by atoms with Crippen LogP contribution in [0.25, 0.3) is 22.2 Å². The number of anilines is 1. The summed E-state index contributed by atoms with van der Waals surface area (Å²) in [5.74, 6) is 1.49. The maximum absolute atomic E-state index is 5.72. The average molecular weight is 269 g/mol. The van der Waals surface area contributed by atoms with Gasteiger partial charge < -0.3 is 14.9 Å². The van der Waals surface area contributed by atoms with Crippen LogP contribution in [0.2, 0.25) is 0 Å². The molecule has 2 aromatic heterocycles. The Morgan fingerprint density at radius 2 is 2.05 bits per heavy atom. The number of ether oxygens (including phenoxy) is 1. The van der Waals surface area contributed by atoms with E-state index in [2.05, 4.69) is 9.97 Å². The summed E-state index contributed by atoms with van der Waals surface area (Å²) in [6.45, 7) is 3.89. The summed E-state index contributed by atoms with van der Waals surface area (Å²) in [5, 5.41) is 0.821. The minimum Gasteiger partial charge on any atom is -0.474 e. The first-order valence-corrected chi connectivity index (χ1v) is 6.41. The summed E-state index contributed by atoms with van der Waals surface area (Å²) < 4.78 is 11.1. The first-order valence-electron chi connectivity index (χ1n) is 6.41. The van der Waals surface area contributed by atoms with Crippen molar-refractivity contribution in [1.82, 2.24) is 9.97 Å². The van der Waals surface area contributed by atoms with Crippen molar-refractivity contribution >= 4 is 16.9 Å². The fraction of sp³-hybridized carbons (Fsp3) is 0.200. The second-order valence-corrected chi connectivity index (χ2v) is 4.76. The quantitative estimate of drug-likeness (QED) is 0.790. The van der Waals surface area contributed by atoms with Crippen molar-refractivity contribution in [3.63, 3.8) is 0 Å². The second kappa shape index (κ2) is 4.85. The van der Waals surface area contributed by atoms with Gasteiger partial charge in [0.05, 0.1) is 23.3 Å². The third kappa shape index (κ3) is 2.30. The van der Waals surface area contributed by atoms with Crippen LogP contribution >= 0.6 is 0 Å². The van der Waals surface area contributed by atoms with Crippen LogP contribution in [0.3, 0.4) is 0 Å². The molecule has 0 spiro atoms. The van der Waals surface area contributed by atoms with Crippen LogP contribution in [-0.4, -0.2) is 16.1 Å². The van der Waals surface area contributed by atoms with Gasteiger partial charge in [0, 0.05) is 5.56 Å². The zero-order valence-corrected chi connectivity index (χ0v) is 11.3. The van der Waals surface area contributed by atoms with Crippen LogP contribution in [0.15, 0.2) is 41.0 Å². The van der Waals surface area contributed by atoms with E-state index < -0.39 is 0 Å². The standard InChI is InChI=1S/C15H15N3O2/c1-9(2)20-14-11-8-10(13-4-3-7-19-13)5-6-12(11)17-15(16)18-14/h3-9H,1-2H3,(H2,16,17,18). The van der Waals surface area contributed by atoms with E-state index in [4.69, 9.17) is 14.9 Å². The monoisotopic (exact) mass is 269 g/mol. The zero-order valence-electron chi connectivity index (χ0n) is 11.3. The Bertz CT molecular complexity index is 736. The van der Waals surface area contributed by atoms with E-state index in [0.717, 1.165) is 22.2 Å². The molecule has 0 radical (unpaired) electrons. The van der Waals surface area contributed by atoms with Crippen molar-refractivity contribution in [2.75, 3.05) is 5.73 Å². The highest BCUT2D eigenvalue weighted by molar-refractivity contribution is 5.88. The smallest absolute Gasteiger partial charge is 0.226 e. The molecule has 0 fully saturated rings. The molecule has 0 aliphatic rings. The molecular formula is C15H15N3O2. The summed E-state index contributed by atoms with van der Waals surface area (Å²) in [5.41, 5.74) is 7.41. The molecule has 0 unspecified atom stereocenters. The van der Waals surface area contributed by atoms with Crippen molar-refractivity contribution < 1.29 is 9.15 Å². The molecule has 1 aromatic carbocycles. The molecule has 2 N–H and O–H groups in total. The number of aromatic nitrogens is 2. The lowest BCUT2D eigenvalue weighted by Gasteiger charge is -2.12. The molecule has 0 saturated carbocycles. The fourth-order valence-electron chi connectivity index (χ4n) is 2.03. The van der Waals surface area contributed by atoms with Gasteiger partial charge in [-0.15, -0.1) is 0 Å². The van der Waals surface area contributed by atoms with Crippen LogP contribution in [0.5, 0.6) is 5.88 Å². The molecular weight excluding hydrogens is 254 g/mol. The molecule has 2 heterocycles. The number of nitrogen functional groups attached to an aromatic ring is 1. The summed E-state index contributed by atoms with van der Waals surface area (Å²) in [7, 11) is 0. The number of nitrogens with two attached hydrogens (primary N) is 1. The van der Waals surface area contributed by atoms with Crippen LogP contribution < -0.4 is 10.5 Å². The van der Waals surface area contributed by atoms with Crippen molar-refractivity contribution in [3.8, 4) is 17.2 Å². The predicted molar refractivity (Wildman–Crippen MR) is 77.4 cm³/mol. The summed E-state index contributed by atoms with van der Waals surface area (Å²) in [6.07, 6.45) is 1.66. The molecule has 5 heteroatoms. The Hall–Kier alpha value is -2.56. The Morgan fingerprint density at radius 3 is 2.75 bits per heavy atom. The Balaban J connectivity index is 2.18. The van der Waals surface area contributed by atoms with Crippen LogP contribution in [0.1, 0.15) is 13.8 Å². The largest absolute Gasteiger partial charge is 0.474 e. The van der Waals surface area contributed by atoms with Crippen molar-refractivity contribution in [2.24, 2.45) is 0 Å². The number of benzene rings is 1. The molecule has 3 aromatic rings. The Morgan fingerprint density at radius 1 is 1.20 bits per heavy atom. The lowest BCUT2D eigenvalue weighted by Crippen LogP contribution is -2.09. The topological polar surface area (TPSA) is 74.2 Å². The Labute approximate surface area is 116 Å². The molecule has 0 aliphatic heterocycles. The van der Waals surface area contributed by atoms with E-state index >= 15 is 0 Å². The molecule has 5 nitrogen and oxygen atoms in total. The highest BCUT2D eigenvalue weighted by Crippen LogP contribution is 2.29. The molecule has 20 heavy (non-hydrogen) atoms. The van der Waals surface area contributed by atoms with E-state index in [1.807, 2.05) is 44.2 Å². The number of nitrogens with zero attached hydrogens (tertiary/aromatic N) is 2. The first-order chi connectivity index (χ1) is 9.63. The van der Waals surface area contributed by atoms with Gasteiger partial charge in [0.2, 0.25) is 11.8 Å². The van der Waals surface area contributed by atoms with Gasteiger partial charge in [-0.05, 0) is 44.2 Å². The van der Waals surface area contributed by atoms with E-state index in [1.165, 1.54) is 0 Å². The first kappa shape index (κ1) is 12.5. The van der Waals surface area contributed by atoms with Gasteiger partial charge in [-0.25, -0.2) is 4.98 Å². The Kier molecular flexibility index (Phi) is 3.02. The lowest BCUT2D eigenvalue weighted by atomic mass is 10.1. The number of rotatable bonds is 3. The third-order valence-corrected chi connectivity index (χ3v) is 2.83. The lowest BCUT2D eigenvalue weighted by molar-refractivity contribution is 0.236. The SMILES string of the molecule is CC(C)Oc1nc(N)nc2ccc(-c3ccco3)cc12. The van der Waals surface area contributed by atoms with Gasteiger partial charge in [-0.2, -0.15) is 4.98 Å². The normalized spacial score (nSPS) is 11.2. The molecule has 3 rings (SSSR count). The third-order valence-electron chi connectivity index (χ3n) is 2.83. The van der Waals surface area contributed by atoms with E-state index in [9.17, 15) is 0 Å². The highest BCUT2D eigenvalue weighted by Gasteiger charge is 2.11. The van der Waals surface area contributed by atoms with E-state index in [1.54, 1.807) is 6.26 Å². The van der Waals surface area contributed by atoms with Gasteiger partial charge >= 0.3 is 0 Å². The van der Waals surface area contributed by atoms with Gasteiger partial charge in [0.1, 0.15) is 5.76 Å². The average Bonchev–Trinajstić information content (AvgIpc) is 2.91. The van der Waals surface area contributed by atoms with Gasteiger partial charge in [0.25, 0.3) is 0 Å². The summed E-state index contributed by atoms with van der Waals surface area (Å²) >= 11 is 0. The van der Waals surface area contributed by atoms with Gasteiger partial charge in [0.15, 0.2) is 0 Å². The minimum atomic E-state index is 0.0137. The maximum atomic E-state index is 5.72. The number of furan rings is 1. The van der Waals surface area contributed by atoms with Crippen molar-refractivity contribution in [2.45, 2.75) is 20.0 Å². The number of fused-ring (bicyclic) bond motifs is 1. The molecule has 0 aliphatic carbocycles. The molecule has 0 saturated heterocycles. The van der Waals surface area contributed by atoms with E-state index in [0.29, 0.717) is 5.88 Å². The predicted octanol–water partition coefficient (Wildman–Crippen LogP) is 3.26. The van der Waals surface area contributed by atoms with Crippen molar-refractivity contribution in [3.05, 3.63) is 36.6 Å². The molecule has 0 bridgehead atoms. The molecule has 0 atom stereocenters. The summed E-state index contributed by atoms with van der Waals surface area (Å²) in [4.78, 5) is 8.40. The van der Waals surface area contributed by atoms with E-state index in [-0.39, 0.29) is 12.1 Å². The van der Waals surface area contributed by atoms with Gasteiger partial charge in [-0.1, -0.05) is 0 Å². The minimum absolute atomic E-state index is 0.0137. The zero-order chi connectivity index (χ0) is 14.1. The van der Waals surface area contributed by atoms with Crippen molar-refractivity contribution in [1.29, 1.82) is 0 Å². The van der Waals surface area contributed by atoms with Crippen LogP contribution in [0, 0.1) is 0 Å². The van der Waals surface area contributed by atoms with Crippen LogP contribution in [-0.2, 0) is 0 Å².